The highest BCUT2D eigenvalue weighted by molar-refractivity contribution is 7.17. The summed E-state index contributed by atoms with van der Waals surface area (Å²) < 4.78 is 4.29. The lowest BCUT2D eigenvalue weighted by atomic mass is 9.97. The number of aryl methyl sites for hydroxylation is 1. The second-order valence-corrected chi connectivity index (χ2v) is 9.29. The van der Waals surface area contributed by atoms with Crippen LogP contribution < -0.4 is 10.9 Å². The third kappa shape index (κ3) is 4.03. The van der Waals surface area contributed by atoms with E-state index in [1.54, 1.807) is 11.3 Å². The fraction of sp³-hybridized carbons (Fsp3) is 0.591. The monoisotopic (exact) mass is 429 g/mol. The predicted octanol–water partition coefficient (Wildman–Crippen LogP) is 3.04. The van der Waals surface area contributed by atoms with Crippen LogP contribution in [-0.4, -0.2) is 50.2 Å². The predicted molar refractivity (Wildman–Crippen MR) is 121 cm³/mol. The van der Waals surface area contributed by atoms with Gasteiger partial charge in [-0.2, -0.15) is 5.10 Å². The number of aromatic nitrogens is 3. The largest absolute Gasteiger partial charge is 0.354 e. The Hall–Kier alpha value is -2.19. The number of carbonyl (C=O) groups is 1. The van der Waals surface area contributed by atoms with Crippen LogP contribution in [0.25, 0.3) is 15.7 Å². The molecule has 1 aliphatic heterocycles. The van der Waals surface area contributed by atoms with Gasteiger partial charge in [0.2, 0.25) is 5.91 Å². The molecule has 0 bridgehead atoms. The molecule has 0 saturated carbocycles. The van der Waals surface area contributed by atoms with Crippen molar-refractivity contribution in [2.45, 2.75) is 71.5 Å². The maximum atomic E-state index is 12.9. The van der Waals surface area contributed by atoms with Gasteiger partial charge in [-0.05, 0) is 50.6 Å². The van der Waals surface area contributed by atoms with E-state index in [0.717, 1.165) is 29.0 Å². The maximum Gasteiger partial charge on any atom is 0.291 e. The van der Waals surface area contributed by atoms with E-state index >= 15 is 0 Å². The van der Waals surface area contributed by atoms with Gasteiger partial charge in [0, 0.05) is 31.6 Å². The SMILES string of the molecule is CCc1nn(CC(=O)NCCCN2C(C)CCCC2C)c(=O)c2cc3sccc3n12. The first kappa shape index (κ1) is 21.1. The Labute approximate surface area is 180 Å². The molecule has 4 rings (SSSR count). The number of nitrogens with zero attached hydrogens (tertiary/aromatic N) is 4. The molecule has 162 valence electrons. The average Bonchev–Trinajstić information content (AvgIpc) is 3.31. The van der Waals surface area contributed by atoms with Crippen LogP contribution in [-0.2, 0) is 17.8 Å². The highest BCUT2D eigenvalue weighted by Crippen LogP contribution is 2.25. The molecule has 1 N–H and O–H groups in total. The minimum atomic E-state index is -0.221. The number of piperidine rings is 1. The molecule has 0 aliphatic carbocycles. The lowest BCUT2D eigenvalue weighted by Crippen LogP contribution is -2.45. The molecule has 1 saturated heterocycles. The zero-order valence-electron chi connectivity index (χ0n) is 18.1. The zero-order valence-corrected chi connectivity index (χ0v) is 18.9. The standard InChI is InChI=1S/C22H31N5O2S/c1-4-20-24-26(22(29)18-13-19-17(27(18)20)9-12-30-19)14-21(28)23-10-6-11-25-15(2)7-5-8-16(25)3/h9,12-13,15-16H,4-8,10-11,14H2,1-3H3,(H,23,28). The summed E-state index contributed by atoms with van der Waals surface area (Å²) in [5.41, 5.74) is 1.38. The van der Waals surface area contributed by atoms with Crippen molar-refractivity contribution >= 4 is 33.0 Å². The number of hydrogen-bond acceptors (Lipinski definition) is 5. The van der Waals surface area contributed by atoms with Crippen LogP contribution in [0.5, 0.6) is 0 Å². The second-order valence-electron chi connectivity index (χ2n) is 8.34. The highest BCUT2D eigenvalue weighted by atomic mass is 32.1. The molecule has 0 aromatic carbocycles. The molecule has 3 aromatic heterocycles. The Morgan fingerprint density at radius 2 is 2.03 bits per heavy atom. The summed E-state index contributed by atoms with van der Waals surface area (Å²) in [6, 6.07) is 5.14. The van der Waals surface area contributed by atoms with Gasteiger partial charge in [0.05, 0.1) is 10.2 Å². The topological polar surface area (TPSA) is 71.6 Å². The first-order valence-corrected chi connectivity index (χ1v) is 11.9. The van der Waals surface area contributed by atoms with E-state index in [1.165, 1.54) is 23.9 Å². The Morgan fingerprint density at radius 1 is 1.27 bits per heavy atom. The molecule has 1 aliphatic rings. The Balaban J connectivity index is 1.39. The van der Waals surface area contributed by atoms with Gasteiger partial charge in [-0.1, -0.05) is 13.3 Å². The van der Waals surface area contributed by atoms with Gasteiger partial charge in [0.25, 0.3) is 5.56 Å². The summed E-state index contributed by atoms with van der Waals surface area (Å²) in [6.07, 6.45) is 5.41. The third-order valence-corrected chi connectivity index (χ3v) is 7.12. The van der Waals surface area contributed by atoms with E-state index < -0.39 is 0 Å². The minimum absolute atomic E-state index is 0.0440. The smallest absolute Gasteiger partial charge is 0.291 e. The Kier molecular flexibility index (Phi) is 6.24. The van der Waals surface area contributed by atoms with E-state index in [1.807, 2.05) is 28.8 Å². The molecule has 0 radical (unpaired) electrons. The maximum absolute atomic E-state index is 12.9. The van der Waals surface area contributed by atoms with Gasteiger partial charge in [0.1, 0.15) is 17.9 Å². The zero-order chi connectivity index (χ0) is 21.3. The molecule has 30 heavy (non-hydrogen) atoms. The number of likely N-dealkylation sites (tertiary alicyclic amines) is 1. The van der Waals surface area contributed by atoms with Crippen LogP contribution in [0.3, 0.4) is 0 Å². The Morgan fingerprint density at radius 3 is 2.77 bits per heavy atom. The lowest BCUT2D eigenvalue weighted by Gasteiger charge is -2.39. The highest BCUT2D eigenvalue weighted by Gasteiger charge is 2.23. The van der Waals surface area contributed by atoms with Crippen molar-refractivity contribution in [1.82, 2.24) is 24.4 Å². The lowest BCUT2D eigenvalue weighted by molar-refractivity contribution is -0.121. The summed E-state index contributed by atoms with van der Waals surface area (Å²) in [6.45, 7) is 8.16. The number of hydrogen-bond donors (Lipinski definition) is 1. The van der Waals surface area contributed by atoms with Crippen molar-refractivity contribution in [1.29, 1.82) is 0 Å². The van der Waals surface area contributed by atoms with Crippen molar-refractivity contribution in [3.05, 3.63) is 33.7 Å². The van der Waals surface area contributed by atoms with Gasteiger partial charge < -0.3 is 5.32 Å². The number of rotatable bonds is 7. The summed E-state index contributed by atoms with van der Waals surface area (Å²) in [5.74, 6) is 0.628. The first-order valence-electron chi connectivity index (χ1n) is 11.0. The van der Waals surface area contributed by atoms with Gasteiger partial charge in [-0.25, -0.2) is 4.68 Å². The van der Waals surface area contributed by atoms with Crippen molar-refractivity contribution in [3.8, 4) is 0 Å². The van der Waals surface area contributed by atoms with Crippen LogP contribution in [0, 0.1) is 0 Å². The normalized spacial score (nSPS) is 20.2. The summed E-state index contributed by atoms with van der Waals surface area (Å²) in [7, 11) is 0. The van der Waals surface area contributed by atoms with Crippen molar-refractivity contribution in [3.63, 3.8) is 0 Å². The van der Waals surface area contributed by atoms with Crippen molar-refractivity contribution < 1.29 is 4.79 Å². The van der Waals surface area contributed by atoms with Gasteiger partial charge in [0.15, 0.2) is 0 Å². The van der Waals surface area contributed by atoms with E-state index in [4.69, 9.17) is 0 Å². The first-order chi connectivity index (χ1) is 14.5. The molecular formula is C22H31N5O2S. The number of carbonyl (C=O) groups excluding carboxylic acids is 1. The molecule has 1 fully saturated rings. The molecule has 4 heterocycles. The summed E-state index contributed by atoms with van der Waals surface area (Å²) in [5, 5.41) is 9.46. The quantitative estimate of drug-likeness (QED) is 0.586. The van der Waals surface area contributed by atoms with Gasteiger partial charge in [-0.3, -0.25) is 18.9 Å². The molecule has 1 amide bonds. The van der Waals surface area contributed by atoms with Gasteiger partial charge >= 0.3 is 0 Å². The van der Waals surface area contributed by atoms with Crippen LogP contribution in [0.1, 0.15) is 52.3 Å². The molecule has 0 spiro atoms. The Bertz CT molecular complexity index is 1090. The second kappa shape index (κ2) is 8.89. The van der Waals surface area contributed by atoms with Crippen LogP contribution in [0.2, 0.25) is 0 Å². The number of fused-ring (bicyclic) bond motifs is 3. The number of amides is 1. The molecular weight excluding hydrogens is 398 g/mol. The van der Waals surface area contributed by atoms with Crippen LogP contribution in [0.15, 0.2) is 22.3 Å². The van der Waals surface area contributed by atoms with E-state index in [0.29, 0.717) is 30.6 Å². The fourth-order valence-electron chi connectivity index (χ4n) is 4.66. The third-order valence-electron chi connectivity index (χ3n) is 6.27. The van der Waals surface area contributed by atoms with E-state index in [9.17, 15) is 9.59 Å². The summed E-state index contributed by atoms with van der Waals surface area (Å²) in [4.78, 5) is 27.9. The van der Waals surface area contributed by atoms with Gasteiger partial charge in [-0.15, -0.1) is 11.3 Å². The molecule has 7 nitrogen and oxygen atoms in total. The molecule has 2 unspecified atom stereocenters. The molecule has 2 atom stereocenters. The minimum Gasteiger partial charge on any atom is -0.354 e. The molecule has 3 aromatic rings. The number of nitrogens with one attached hydrogen (secondary N) is 1. The number of thiophene rings is 1. The average molecular weight is 430 g/mol. The fourth-order valence-corrected chi connectivity index (χ4v) is 5.46. The van der Waals surface area contributed by atoms with Crippen molar-refractivity contribution in [2.24, 2.45) is 0 Å². The van der Waals surface area contributed by atoms with Crippen LogP contribution in [0.4, 0.5) is 0 Å². The van der Waals surface area contributed by atoms with Crippen molar-refractivity contribution in [2.75, 3.05) is 13.1 Å². The summed E-state index contributed by atoms with van der Waals surface area (Å²) >= 11 is 1.61. The van der Waals surface area contributed by atoms with E-state index in [2.05, 4.69) is 29.2 Å². The van der Waals surface area contributed by atoms with E-state index in [-0.39, 0.29) is 18.0 Å². The molecule has 8 heteroatoms. The van der Waals surface area contributed by atoms with Crippen LogP contribution >= 0.6 is 11.3 Å².